The van der Waals surface area contributed by atoms with E-state index in [1.807, 2.05) is 0 Å². The normalized spacial score (nSPS) is 13.3. The quantitative estimate of drug-likeness (QED) is 0.795. The Labute approximate surface area is 144 Å². The summed E-state index contributed by atoms with van der Waals surface area (Å²) in [5.41, 5.74) is 1.43. The first kappa shape index (κ1) is 16.6. The molecule has 1 aromatic carbocycles. The predicted octanol–water partition coefficient (Wildman–Crippen LogP) is 1.80. The van der Waals surface area contributed by atoms with Gasteiger partial charge in [-0.15, -0.1) is 17.8 Å². The molecule has 2 aromatic rings. The molecule has 1 aliphatic rings. The molecule has 0 saturated heterocycles. The summed E-state index contributed by atoms with van der Waals surface area (Å²) in [7, 11) is -3.66. The Morgan fingerprint density at radius 3 is 2.71 bits per heavy atom. The first-order chi connectivity index (χ1) is 11.5. The van der Waals surface area contributed by atoms with Gasteiger partial charge in [0, 0.05) is 10.4 Å². The van der Waals surface area contributed by atoms with Gasteiger partial charge in [-0.25, -0.2) is 13.4 Å². The van der Waals surface area contributed by atoms with Gasteiger partial charge < -0.3 is 0 Å². The Kier molecular flexibility index (Phi) is 4.66. The van der Waals surface area contributed by atoms with E-state index >= 15 is 0 Å². The molecule has 0 radical (unpaired) electrons. The lowest BCUT2D eigenvalue weighted by Gasteiger charge is -2.06. The maximum absolute atomic E-state index is 12.2. The van der Waals surface area contributed by atoms with E-state index in [2.05, 4.69) is 20.9 Å². The van der Waals surface area contributed by atoms with Gasteiger partial charge >= 0.3 is 0 Å². The summed E-state index contributed by atoms with van der Waals surface area (Å²) in [6, 6.07) is 5.66. The second kappa shape index (κ2) is 6.73. The van der Waals surface area contributed by atoms with Crippen LogP contribution < -0.4 is 10.0 Å². The molecule has 1 aliphatic carbocycles. The van der Waals surface area contributed by atoms with E-state index in [0.717, 1.165) is 25.0 Å². The van der Waals surface area contributed by atoms with Crippen LogP contribution in [0.25, 0.3) is 0 Å². The van der Waals surface area contributed by atoms with E-state index < -0.39 is 10.0 Å². The molecule has 0 aliphatic heterocycles. The molecule has 0 bridgehead atoms. The van der Waals surface area contributed by atoms with Crippen molar-refractivity contribution in [3.05, 3.63) is 40.4 Å². The number of anilines is 1. The third-order valence-electron chi connectivity index (χ3n) is 3.61. The van der Waals surface area contributed by atoms with Crippen molar-refractivity contribution >= 4 is 32.4 Å². The number of amides is 1. The van der Waals surface area contributed by atoms with E-state index in [9.17, 15) is 13.2 Å². The highest BCUT2D eigenvalue weighted by atomic mass is 32.2. The van der Waals surface area contributed by atoms with E-state index in [1.165, 1.54) is 40.5 Å². The minimum atomic E-state index is -3.66. The van der Waals surface area contributed by atoms with Crippen molar-refractivity contribution < 1.29 is 13.2 Å². The standard InChI is InChI=1S/C16H15N3O3S2/c1-2-10-17-24(21,22)12-8-6-11(7-9-12)15(20)19-16-18-13-4-3-5-14(13)23-16/h1,6-9,17H,3-5,10H2,(H,18,19,20). The molecule has 0 spiro atoms. The Hall–Kier alpha value is -2.21. The monoisotopic (exact) mass is 361 g/mol. The van der Waals surface area contributed by atoms with Crippen molar-refractivity contribution in [2.24, 2.45) is 0 Å². The van der Waals surface area contributed by atoms with Gasteiger partial charge in [-0.2, -0.15) is 4.72 Å². The van der Waals surface area contributed by atoms with Crippen LogP contribution in [0.15, 0.2) is 29.2 Å². The van der Waals surface area contributed by atoms with Crippen LogP contribution in [0.1, 0.15) is 27.3 Å². The average molecular weight is 361 g/mol. The fraction of sp³-hybridized carbons (Fsp3) is 0.250. The summed E-state index contributed by atoms with van der Waals surface area (Å²) in [6.45, 7) is -0.0840. The maximum atomic E-state index is 12.2. The second-order valence-corrected chi connectivity index (χ2v) is 8.10. The maximum Gasteiger partial charge on any atom is 0.257 e. The smallest absolute Gasteiger partial charge is 0.257 e. The number of hydrogen-bond donors (Lipinski definition) is 2. The molecule has 0 unspecified atom stereocenters. The Balaban J connectivity index is 1.70. The van der Waals surface area contributed by atoms with Crippen molar-refractivity contribution in [2.75, 3.05) is 11.9 Å². The fourth-order valence-corrected chi connectivity index (χ4v) is 4.40. The SMILES string of the molecule is C#CCNS(=O)(=O)c1ccc(C(=O)Nc2nc3c(s2)CCC3)cc1. The Bertz CT molecular complexity index is 888. The summed E-state index contributed by atoms with van der Waals surface area (Å²) in [5.74, 6) is 1.89. The van der Waals surface area contributed by atoms with Gasteiger partial charge in [0.1, 0.15) is 0 Å². The van der Waals surface area contributed by atoms with Crippen molar-refractivity contribution in [1.82, 2.24) is 9.71 Å². The molecule has 6 nitrogen and oxygen atoms in total. The molecule has 1 heterocycles. The first-order valence-electron chi connectivity index (χ1n) is 7.33. The van der Waals surface area contributed by atoms with Gasteiger partial charge in [0.25, 0.3) is 5.91 Å². The highest BCUT2D eigenvalue weighted by Crippen LogP contribution is 2.30. The van der Waals surface area contributed by atoms with Gasteiger partial charge in [0.2, 0.25) is 10.0 Å². The third kappa shape index (κ3) is 3.48. The Morgan fingerprint density at radius 2 is 2.04 bits per heavy atom. The fourth-order valence-electron chi connectivity index (χ4n) is 2.42. The minimum absolute atomic E-state index is 0.0579. The highest BCUT2D eigenvalue weighted by molar-refractivity contribution is 7.89. The van der Waals surface area contributed by atoms with E-state index in [-0.39, 0.29) is 17.3 Å². The van der Waals surface area contributed by atoms with Crippen molar-refractivity contribution in [3.8, 4) is 12.3 Å². The molecule has 0 atom stereocenters. The van der Waals surface area contributed by atoms with Crippen molar-refractivity contribution in [3.63, 3.8) is 0 Å². The number of benzene rings is 1. The van der Waals surface area contributed by atoms with Crippen LogP contribution in [0.2, 0.25) is 0 Å². The number of terminal acetylenes is 1. The lowest BCUT2D eigenvalue weighted by atomic mass is 10.2. The zero-order valence-corrected chi connectivity index (χ0v) is 14.3. The van der Waals surface area contributed by atoms with Gasteiger partial charge in [0.05, 0.1) is 17.1 Å². The number of fused-ring (bicyclic) bond motifs is 1. The van der Waals surface area contributed by atoms with E-state index in [1.54, 1.807) is 0 Å². The van der Waals surface area contributed by atoms with E-state index in [4.69, 9.17) is 6.42 Å². The summed E-state index contributed by atoms with van der Waals surface area (Å²) < 4.78 is 26.1. The number of nitrogens with one attached hydrogen (secondary N) is 2. The van der Waals surface area contributed by atoms with Crippen LogP contribution in [-0.2, 0) is 22.9 Å². The molecule has 8 heteroatoms. The minimum Gasteiger partial charge on any atom is -0.298 e. The van der Waals surface area contributed by atoms with Crippen LogP contribution in [0, 0.1) is 12.3 Å². The number of nitrogens with zero attached hydrogens (tertiary/aromatic N) is 1. The summed E-state index contributed by atoms with van der Waals surface area (Å²) in [6.07, 6.45) is 8.13. The molecule has 1 amide bonds. The molecule has 24 heavy (non-hydrogen) atoms. The molecule has 1 aromatic heterocycles. The van der Waals surface area contributed by atoms with Crippen molar-refractivity contribution in [1.29, 1.82) is 0 Å². The molecular weight excluding hydrogens is 346 g/mol. The van der Waals surface area contributed by atoms with Crippen LogP contribution in [0.3, 0.4) is 0 Å². The number of aromatic nitrogens is 1. The van der Waals surface area contributed by atoms with Gasteiger partial charge in [-0.3, -0.25) is 10.1 Å². The molecule has 3 rings (SSSR count). The summed E-state index contributed by atoms with van der Waals surface area (Å²) in [5, 5.41) is 3.34. The van der Waals surface area contributed by atoms with Gasteiger partial charge in [-0.1, -0.05) is 5.92 Å². The van der Waals surface area contributed by atoms with Crippen LogP contribution in [0.5, 0.6) is 0 Å². The molecule has 0 saturated carbocycles. The summed E-state index contributed by atoms with van der Waals surface area (Å²) in [4.78, 5) is 17.9. The molecule has 124 valence electrons. The number of rotatable bonds is 5. The Morgan fingerprint density at radius 1 is 1.29 bits per heavy atom. The average Bonchev–Trinajstić information content (AvgIpc) is 3.14. The van der Waals surface area contributed by atoms with Crippen LogP contribution in [-0.4, -0.2) is 25.9 Å². The highest BCUT2D eigenvalue weighted by Gasteiger charge is 2.19. The first-order valence-corrected chi connectivity index (χ1v) is 9.63. The zero-order chi connectivity index (χ0) is 17.2. The lowest BCUT2D eigenvalue weighted by molar-refractivity contribution is 0.102. The third-order valence-corrected chi connectivity index (χ3v) is 6.10. The van der Waals surface area contributed by atoms with Crippen LogP contribution in [0.4, 0.5) is 5.13 Å². The van der Waals surface area contributed by atoms with Gasteiger partial charge in [-0.05, 0) is 43.5 Å². The molecular formula is C16H15N3O3S2. The number of hydrogen-bond acceptors (Lipinski definition) is 5. The number of sulfonamides is 1. The number of thiazole rings is 1. The second-order valence-electron chi connectivity index (χ2n) is 5.25. The lowest BCUT2D eigenvalue weighted by Crippen LogP contribution is -2.24. The largest absolute Gasteiger partial charge is 0.298 e. The van der Waals surface area contributed by atoms with Crippen LogP contribution >= 0.6 is 11.3 Å². The number of carbonyl (C=O) groups is 1. The number of carbonyl (C=O) groups excluding carboxylic acids is 1. The van der Waals surface area contributed by atoms with E-state index in [0.29, 0.717) is 10.7 Å². The van der Waals surface area contributed by atoms with Crippen molar-refractivity contribution in [2.45, 2.75) is 24.2 Å². The number of aryl methyl sites for hydroxylation is 2. The zero-order valence-electron chi connectivity index (χ0n) is 12.7. The molecule has 0 fully saturated rings. The van der Waals surface area contributed by atoms with Gasteiger partial charge in [0.15, 0.2) is 5.13 Å². The predicted molar refractivity (Wildman–Crippen MR) is 92.6 cm³/mol. The topological polar surface area (TPSA) is 88.2 Å². The summed E-state index contributed by atoms with van der Waals surface area (Å²) >= 11 is 1.49. The molecule has 2 N–H and O–H groups in total.